The summed E-state index contributed by atoms with van der Waals surface area (Å²) in [7, 11) is 0. The fourth-order valence-corrected chi connectivity index (χ4v) is 3.83. The van der Waals surface area contributed by atoms with E-state index in [0.717, 1.165) is 43.3 Å². The number of benzene rings is 1. The summed E-state index contributed by atoms with van der Waals surface area (Å²) >= 11 is 7.99. The number of thiophene rings is 1. The van der Waals surface area contributed by atoms with Gasteiger partial charge in [-0.25, -0.2) is 0 Å². The maximum absolute atomic E-state index is 6.17. The maximum atomic E-state index is 6.17. The van der Waals surface area contributed by atoms with Crippen molar-refractivity contribution in [2.75, 3.05) is 6.61 Å². The van der Waals surface area contributed by atoms with Crippen LogP contribution in [0.15, 0.2) is 23.6 Å². The fraction of sp³-hybridized carbons (Fsp3) is 0.375. The van der Waals surface area contributed by atoms with Crippen LogP contribution in [0.2, 0.25) is 5.02 Å². The quantitative estimate of drug-likeness (QED) is 0.894. The first kappa shape index (κ1) is 13.9. The molecule has 0 aliphatic carbocycles. The fourth-order valence-electron chi connectivity index (χ4n) is 2.63. The highest BCUT2D eigenvalue weighted by molar-refractivity contribution is 7.10. The number of halogens is 1. The van der Waals surface area contributed by atoms with Crippen LogP contribution < -0.4 is 10.1 Å². The molecule has 1 aliphatic rings. The molecule has 0 saturated heterocycles. The van der Waals surface area contributed by atoms with Crippen LogP contribution >= 0.6 is 22.9 Å². The van der Waals surface area contributed by atoms with Crippen LogP contribution in [0.4, 0.5) is 0 Å². The lowest BCUT2D eigenvalue weighted by atomic mass is 10.1. The molecule has 3 rings (SSSR count). The van der Waals surface area contributed by atoms with Gasteiger partial charge in [0.05, 0.1) is 6.61 Å². The molecular formula is C16H18ClNOS. The van der Waals surface area contributed by atoms with Crippen molar-refractivity contribution in [2.45, 2.75) is 32.9 Å². The van der Waals surface area contributed by atoms with Crippen LogP contribution in [-0.2, 0) is 25.9 Å². The Morgan fingerprint density at radius 1 is 1.30 bits per heavy atom. The molecule has 1 aromatic carbocycles. The molecule has 4 heteroatoms. The molecule has 0 spiro atoms. The van der Waals surface area contributed by atoms with Gasteiger partial charge in [0, 0.05) is 35.0 Å². The summed E-state index contributed by atoms with van der Waals surface area (Å²) in [6.45, 7) is 4.67. The van der Waals surface area contributed by atoms with E-state index in [0.29, 0.717) is 0 Å². The van der Waals surface area contributed by atoms with Crippen molar-refractivity contribution in [3.63, 3.8) is 0 Å². The molecule has 20 heavy (non-hydrogen) atoms. The van der Waals surface area contributed by atoms with Gasteiger partial charge in [-0.1, -0.05) is 18.5 Å². The molecule has 106 valence electrons. The molecule has 1 aromatic heterocycles. The van der Waals surface area contributed by atoms with Crippen molar-refractivity contribution < 1.29 is 4.74 Å². The highest BCUT2D eigenvalue weighted by atomic mass is 35.5. The highest BCUT2D eigenvalue weighted by Gasteiger charge is 2.17. The Hall–Kier alpha value is -1.03. The van der Waals surface area contributed by atoms with Crippen LogP contribution in [0.25, 0.3) is 0 Å². The topological polar surface area (TPSA) is 21.3 Å². The van der Waals surface area contributed by atoms with Gasteiger partial charge in [-0.05, 0) is 41.1 Å². The van der Waals surface area contributed by atoms with Crippen LogP contribution in [0, 0.1) is 0 Å². The molecule has 1 N–H and O–H groups in total. The monoisotopic (exact) mass is 307 g/mol. The van der Waals surface area contributed by atoms with Crippen LogP contribution in [0.3, 0.4) is 0 Å². The number of fused-ring (bicyclic) bond motifs is 1. The predicted molar refractivity (Wildman–Crippen MR) is 84.9 cm³/mol. The zero-order valence-corrected chi connectivity index (χ0v) is 13.1. The van der Waals surface area contributed by atoms with E-state index >= 15 is 0 Å². The van der Waals surface area contributed by atoms with Gasteiger partial charge in [-0.2, -0.15) is 0 Å². The average Bonchev–Trinajstić information content (AvgIpc) is 3.06. The van der Waals surface area contributed by atoms with Crippen molar-refractivity contribution >= 4 is 22.9 Å². The summed E-state index contributed by atoms with van der Waals surface area (Å²) in [4.78, 5) is 1.42. The van der Waals surface area contributed by atoms with Gasteiger partial charge in [0.15, 0.2) is 0 Å². The minimum atomic E-state index is 0.771. The van der Waals surface area contributed by atoms with Crippen molar-refractivity contribution in [3.8, 4) is 5.75 Å². The predicted octanol–water partition coefficient (Wildman–Crippen LogP) is 4.19. The van der Waals surface area contributed by atoms with Crippen molar-refractivity contribution in [1.29, 1.82) is 0 Å². The summed E-state index contributed by atoms with van der Waals surface area (Å²) in [5, 5.41) is 6.47. The Bertz CT molecular complexity index is 609. The molecular weight excluding hydrogens is 290 g/mol. The van der Waals surface area contributed by atoms with Gasteiger partial charge >= 0.3 is 0 Å². The molecule has 2 heterocycles. The zero-order valence-electron chi connectivity index (χ0n) is 11.5. The van der Waals surface area contributed by atoms with Crippen LogP contribution in [0.5, 0.6) is 5.75 Å². The van der Waals surface area contributed by atoms with Gasteiger partial charge in [-0.3, -0.25) is 0 Å². The Kier molecular flexibility index (Phi) is 4.29. The van der Waals surface area contributed by atoms with Gasteiger partial charge in [0.25, 0.3) is 0 Å². The Balaban J connectivity index is 1.67. The molecule has 0 saturated carbocycles. The molecule has 0 fully saturated rings. The van der Waals surface area contributed by atoms with Crippen molar-refractivity contribution in [2.24, 2.45) is 0 Å². The summed E-state index contributed by atoms with van der Waals surface area (Å²) < 4.78 is 5.72. The second-order valence-corrected chi connectivity index (χ2v) is 6.41. The minimum Gasteiger partial charge on any atom is -0.493 e. The number of ether oxygens (including phenoxy) is 1. The lowest BCUT2D eigenvalue weighted by Crippen LogP contribution is -2.13. The van der Waals surface area contributed by atoms with E-state index in [2.05, 4.69) is 23.7 Å². The first-order valence-corrected chi connectivity index (χ1v) is 8.23. The third-order valence-electron chi connectivity index (χ3n) is 3.64. The summed E-state index contributed by atoms with van der Waals surface area (Å²) in [5.74, 6) is 1.03. The van der Waals surface area contributed by atoms with Crippen molar-refractivity contribution in [3.05, 3.63) is 50.2 Å². The van der Waals surface area contributed by atoms with E-state index in [1.807, 2.05) is 23.5 Å². The maximum Gasteiger partial charge on any atom is 0.127 e. The third kappa shape index (κ3) is 2.85. The van der Waals surface area contributed by atoms with Gasteiger partial charge in [0.2, 0.25) is 0 Å². The number of aryl methyl sites for hydroxylation is 1. The largest absolute Gasteiger partial charge is 0.493 e. The number of hydrogen-bond donors (Lipinski definition) is 1. The van der Waals surface area contributed by atoms with E-state index in [1.54, 1.807) is 0 Å². The Morgan fingerprint density at radius 3 is 3.05 bits per heavy atom. The molecule has 0 unspecified atom stereocenters. The first-order chi connectivity index (χ1) is 9.78. The molecule has 2 nitrogen and oxygen atoms in total. The van der Waals surface area contributed by atoms with Gasteiger partial charge < -0.3 is 10.1 Å². The minimum absolute atomic E-state index is 0.771. The summed E-state index contributed by atoms with van der Waals surface area (Å²) in [6, 6.07) is 6.23. The SMILES string of the molecule is CCc1ccsc1CNCc1cc(Cl)cc2c1OCC2. The molecule has 0 radical (unpaired) electrons. The average molecular weight is 308 g/mol. The lowest BCUT2D eigenvalue weighted by Gasteiger charge is -2.10. The van der Waals surface area contributed by atoms with E-state index in [4.69, 9.17) is 16.3 Å². The second-order valence-electron chi connectivity index (χ2n) is 4.98. The normalized spacial score (nSPS) is 13.3. The molecule has 2 aromatic rings. The molecule has 0 atom stereocenters. The Labute approximate surface area is 128 Å². The standard InChI is InChI=1S/C16H18ClNOS/c1-2-11-4-6-20-15(11)10-18-9-13-8-14(17)7-12-3-5-19-16(12)13/h4,6-8,18H,2-3,5,9-10H2,1H3. The van der Waals surface area contributed by atoms with Crippen LogP contribution in [-0.4, -0.2) is 6.61 Å². The number of nitrogens with one attached hydrogen (secondary N) is 1. The van der Waals surface area contributed by atoms with E-state index in [1.165, 1.54) is 21.6 Å². The smallest absolute Gasteiger partial charge is 0.127 e. The molecule has 1 aliphatic heterocycles. The van der Waals surface area contributed by atoms with Gasteiger partial charge in [-0.15, -0.1) is 11.3 Å². The summed E-state index contributed by atoms with van der Waals surface area (Å²) in [5.41, 5.74) is 3.84. The highest BCUT2D eigenvalue weighted by Crippen LogP contribution is 2.32. The lowest BCUT2D eigenvalue weighted by molar-refractivity contribution is 0.352. The molecule has 0 bridgehead atoms. The van der Waals surface area contributed by atoms with E-state index < -0.39 is 0 Å². The van der Waals surface area contributed by atoms with Crippen LogP contribution in [0.1, 0.15) is 28.5 Å². The number of hydrogen-bond acceptors (Lipinski definition) is 3. The second kappa shape index (κ2) is 6.17. The summed E-state index contributed by atoms with van der Waals surface area (Å²) in [6.07, 6.45) is 2.06. The van der Waals surface area contributed by atoms with E-state index in [9.17, 15) is 0 Å². The molecule has 0 amide bonds. The van der Waals surface area contributed by atoms with Gasteiger partial charge in [0.1, 0.15) is 5.75 Å². The van der Waals surface area contributed by atoms with Crippen molar-refractivity contribution in [1.82, 2.24) is 5.32 Å². The first-order valence-electron chi connectivity index (χ1n) is 6.98. The number of rotatable bonds is 5. The zero-order chi connectivity index (χ0) is 13.9. The van der Waals surface area contributed by atoms with E-state index in [-0.39, 0.29) is 0 Å². The Morgan fingerprint density at radius 2 is 2.20 bits per heavy atom. The third-order valence-corrected chi connectivity index (χ3v) is 4.83.